The second-order valence-corrected chi connectivity index (χ2v) is 6.91. The van der Waals surface area contributed by atoms with E-state index >= 15 is 0 Å². The highest BCUT2D eigenvalue weighted by Gasteiger charge is 2.28. The number of benzene rings is 1. The van der Waals surface area contributed by atoms with Crippen LogP contribution in [-0.4, -0.2) is 29.7 Å². The zero-order valence-corrected chi connectivity index (χ0v) is 13.7. The molecule has 0 spiro atoms. The van der Waals surface area contributed by atoms with Crippen LogP contribution >= 0.6 is 0 Å². The summed E-state index contributed by atoms with van der Waals surface area (Å²) in [7, 11) is 3.95. The van der Waals surface area contributed by atoms with Gasteiger partial charge in [0.1, 0.15) is 12.4 Å². The molecule has 122 valence electrons. The molecule has 1 heterocycles. The number of nitrogens with zero attached hydrogens (tertiary/aromatic N) is 1. The largest absolute Gasteiger partial charge is 0.418 e. The Kier molecular flexibility index (Phi) is 4.37. The van der Waals surface area contributed by atoms with Crippen molar-refractivity contribution in [1.82, 2.24) is 0 Å². The molecule has 23 heavy (non-hydrogen) atoms. The summed E-state index contributed by atoms with van der Waals surface area (Å²) in [6.45, 7) is 0. The zero-order valence-electron chi connectivity index (χ0n) is 13.7. The van der Waals surface area contributed by atoms with Crippen LogP contribution in [0.3, 0.4) is 0 Å². The second kappa shape index (κ2) is 6.30. The van der Waals surface area contributed by atoms with Gasteiger partial charge in [0.15, 0.2) is 11.9 Å². The number of carbonyl (C=O) groups is 1. The molecule has 1 atom stereocenters. The second-order valence-electron chi connectivity index (χ2n) is 6.91. The van der Waals surface area contributed by atoms with Gasteiger partial charge >= 0.3 is 5.97 Å². The first-order valence-corrected chi connectivity index (χ1v) is 8.20. The normalized spacial score (nSPS) is 21.3. The SMILES string of the molecule is C[N+]1(C)C=CC(OC(=O)C(O)c2ccccc2C2CCCC2)=C1. The molecule has 1 aromatic carbocycles. The van der Waals surface area contributed by atoms with E-state index in [1.807, 2.05) is 50.8 Å². The van der Waals surface area contributed by atoms with Gasteiger partial charge in [-0.05, 0) is 29.9 Å². The standard InChI is InChI=1S/C19H24NO3/c1-20(2)12-11-15(13-20)23-19(22)18(21)17-10-6-5-9-16(17)14-7-3-4-8-14/h5-6,9-14,18,21H,3-4,7-8H2,1-2H3/q+1. The summed E-state index contributed by atoms with van der Waals surface area (Å²) in [4.78, 5) is 12.3. The average Bonchev–Trinajstić information content (AvgIpc) is 3.16. The maximum atomic E-state index is 12.3. The van der Waals surface area contributed by atoms with Gasteiger partial charge in [-0.3, -0.25) is 4.48 Å². The topological polar surface area (TPSA) is 46.5 Å². The van der Waals surface area contributed by atoms with Gasteiger partial charge in [0.05, 0.1) is 14.1 Å². The molecule has 0 aromatic heterocycles. The van der Waals surface area contributed by atoms with Crippen molar-refractivity contribution in [3.05, 3.63) is 59.6 Å². The van der Waals surface area contributed by atoms with Crippen molar-refractivity contribution in [2.75, 3.05) is 14.1 Å². The van der Waals surface area contributed by atoms with Crippen LogP contribution in [0.25, 0.3) is 0 Å². The van der Waals surface area contributed by atoms with E-state index in [-0.39, 0.29) is 0 Å². The Morgan fingerprint density at radius 2 is 1.96 bits per heavy atom. The molecule has 1 unspecified atom stereocenters. The number of ether oxygens (including phenoxy) is 1. The van der Waals surface area contributed by atoms with E-state index in [1.54, 1.807) is 6.08 Å². The molecule has 1 aliphatic carbocycles. The van der Waals surface area contributed by atoms with Gasteiger partial charge in [0.2, 0.25) is 0 Å². The van der Waals surface area contributed by atoms with Crippen molar-refractivity contribution in [1.29, 1.82) is 0 Å². The van der Waals surface area contributed by atoms with E-state index in [0.717, 1.165) is 18.4 Å². The van der Waals surface area contributed by atoms with Crippen molar-refractivity contribution in [2.45, 2.75) is 37.7 Å². The summed E-state index contributed by atoms with van der Waals surface area (Å²) < 4.78 is 5.88. The Morgan fingerprint density at radius 1 is 1.26 bits per heavy atom. The van der Waals surface area contributed by atoms with Gasteiger partial charge in [-0.1, -0.05) is 37.1 Å². The zero-order chi connectivity index (χ0) is 16.4. The molecule has 0 saturated heterocycles. The molecule has 3 rings (SSSR count). The average molecular weight is 314 g/mol. The van der Waals surface area contributed by atoms with Crippen LogP contribution in [0.1, 0.15) is 48.8 Å². The van der Waals surface area contributed by atoms with E-state index in [1.165, 1.54) is 12.8 Å². The smallest absolute Gasteiger partial charge is 0.345 e. The van der Waals surface area contributed by atoms with E-state index in [2.05, 4.69) is 0 Å². The number of quaternary nitrogens is 1. The van der Waals surface area contributed by atoms with Gasteiger partial charge in [-0.2, -0.15) is 0 Å². The molecule has 1 aliphatic heterocycles. The monoisotopic (exact) mass is 314 g/mol. The van der Waals surface area contributed by atoms with Crippen LogP contribution in [-0.2, 0) is 9.53 Å². The minimum Gasteiger partial charge on any atom is -0.418 e. The molecule has 1 fully saturated rings. The summed E-state index contributed by atoms with van der Waals surface area (Å²) in [6.07, 6.45) is 8.94. The van der Waals surface area contributed by atoms with Crippen LogP contribution in [0.2, 0.25) is 0 Å². The number of allylic oxidation sites excluding steroid dienone is 1. The summed E-state index contributed by atoms with van der Waals surface area (Å²) in [6, 6.07) is 7.69. The number of esters is 1. The van der Waals surface area contributed by atoms with E-state index in [0.29, 0.717) is 21.7 Å². The Labute approximate surface area is 137 Å². The lowest BCUT2D eigenvalue weighted by molar-refractivity contribution is -0.782. The molecule has 2 aliphatic rings. The van der Waals surface area contributed by atoms with Gasteiger partial charge < -0.3 is 9.84 Å². The Morgan fingerprint density at radius 3 is 2.61 bits per heavy atom. The maximum Gasteiger partial charge on any atom is 0.345 e. The highest BCUT2D eigenvalue weighted by molar-refractivity contribution is 5.78. The van der Waals surface area contributed by atoms with Crippen LogP contribution in [0.5, 0.6) is 0 Å². The third-order valence-corrected chi connectivity index (χ3v) is 4.61. The fraction of sp³-hybridized carbons (Fsp3) is 0.421. The van der Waals surface area contributed by atoms with Crippen LogP contribution in [0, 0.1) is 0 Å². The van der Waals surface area contributed by atoms with Crippen LogP contribution in [0.4, 0.5) is 0 Å². The molecule has 0 amide bonds. The third kappa shape index (κ3) is 3.54. The molecular formula is C19H24NO3+. The van der Waals surface area contributed by atoms with Crippen molar-refractivity contribution in [3.8, 4) is 0 Å². The van der Waals surface area contributed by atoms with E-state index < -0.39 is 12.1 Å². The minimum absolute atomic E-state index is 0.440. The minimum atomic E-state index is -1.24. The lowest BCUT2D eigenvalue weighted by atomic mass is 9.90. The number of rotatable bonds is 4. The highest BCUT2D eigenvalue weighted by Crippen LogP contribution is 2.37. The van der Waals surface area contributed by atoms with Crippen LogP contribution < -0.4 is 0 Å². The Balaban J connectivity index is 1.76. The van der Waals surface area contributed by atoms with Crippen LogP contribution in [0.15, 0.2) is 48.5 Å². The summed E-state index contributed by atoms with van der Waals surface area (Å²) in [5.74, 6) is 0.306. The molecule has 0 bridgehead atoms. The lowest BCUT2D eigenvalue weighted by Gasteiger charge is -2.18. The molecule has 0 radical (unpaired) electrons. The summed E-state index contributed by atoms with van der Waals surface area (Å²) >= 11 is 0. The van der Waals surface area contributed by atoms with Crippen molar-refractivity contribution >= 4 is 5.97 Å². The molecule has 4 heteroatoms. The lowest BCUT2D eigenvalue weighted by Crippen LogP contribution is -2.23. The van der Waals surface area contributed by atoms with Gasteiger partial charge in [0.25, 0.3) is 0 Å². The number of aliphatic hydroxyl groups excluding tert-OH is 1. The number of hydrogen-bond donors (Lipinski definition) is 1. The first kappa shape index (κ1) is 16.0. The number of hydrogen-bond acceptors (Lipinski definition) is 3. The Bertz CT molecular complexity index is 654. The fourth-order valence-corrected chi connectivity index (χ4v) is 3.41. The van der Waals surface area contributed by atoms with E-state index in [9.17, 15) is 9.90 Å². The predicted molar refractivity (Wildman–Crippen MR) is 88.0 cm³/mol. The summed E-state index contributed by atoms with van der Waals surface area (Å²) in [5, 5.41) is 10.5. The van der Waals surface area contributed by atoms with Crippen molar-refractivity contribution < 1.29 is 19.1 Å². The molecule has 1 aromatic rings. The first-order valence-electron chi connectivity index (χ1n) is 8.20. The Hall–Kier alpha value is -1.91. The third-order valence-electron chi connectivity index (χ3n) is 4.61. The molecular weight excluding hydrogens is 290 g/mol. The van der Waals surface area contributed by atoms with Gasteiger partial charge in [0, 0.05) is 6.08 Å². The van der Waals surface area contributed by atoms with Gasteiger partial charge in [-0.15, -0.1) is 0 Å². The van der Waals surface area contributed by atoms with Crippen molar-refractivity contribution in [2.24, 2.45) is 0 Å². The van der Waals surface area contributed by atoms with E-state index in [4.69, 9.17) is 4.74 Å². The molecule has 1 N–H and O–H groups in total. The quantitative estimate of drug-likeness (QED) is 0.685. The maximum absolute atomic E-state index is 12.3. The number of aliphatic hydroxyl groups is 1. The molecule has 4 nitrogen and oxygen atoms in total. The summed E-state index contributed by atoms with van der Waals surface area (Å²) in [5.41, 5.74) is 1.77. The predicted octanol–water partition coefficient (Wildman–Crippen LogP) is 3.37. The molecule has 1 saturated carbocycles. The van der Waals surface area contributed by atoms with Gasteiger partial charge in [-0.25, -0.2) is 4.79 Å². The number of carbonyl (C=O) groups excluding carboxylic acids is 1. The fourth-order valence-electron chi connectivity index (χ4n) is 3.41. The highest BCUT2D eigenvalue weighted by atomic mass is 16.6. The first-order chi connectivity index (χ1) is 11.0. The van der Waals surface area contributed by atoms with Crippen molar-refractivity contribution in [3.63, 3.8) is 0 Å².